The Kier molecular flexibility index (Phi) is 15.8. The van der Waals surface area contributed by atoms with Gasteiger partial charge in [0, 0.05) is 6.42 Å². The highest BCUT2D eigenvalue weighted by atomic mass is 16.5. The third-order valence-electron chi connectivity index (χ3n) is 2.66. The molecule has 24 heavy (non-hydrogen) atoms. The van der Waals surface area contributed by atoms with Crippen molar-refractivity contribution in [1.29, 1.82) is 0 Å². The third-order valence-corrected chi connectivity index (χ3v) is 2.66. The lowest BCUT2D eigenvalue weighted by Gasteiger charge is -2.28. The van der Waals surface area contributed by atoms with E-state index in [-0.39, 0.29) is 72.5 Å². The summed E-state index contributed by atoms with van der Waals surface area (Å²) < 4.78 is 26.1. The highest BCUT2D eigenvalue weighted by Gasteiger charge is 2.26. The average molecular weight is 349 g/mol. The van der Waals surface area contributed by atoms with Gasteiger partial charge in [0.1, 0.15) is 32.1 Å². The summed E-state index contributed by atoms with van der Waals surface area (Å²) in [5.41, 5.74) is 5.31. The third kappa shape index (κ3) is 14.4. The number of carbonyl (C=O) groups excluding carboxylic acids is 3. The number of aldehydes is 3. The van der Waals surface area contributed by atoms with E-state index in [1.165, 1.54) is 0 Å². The van der Waals surface area contributed by atoms with E-state index in [0.29, 0.717) is 12.6 Å². The van der Waals surface area contributed by atoms with Crippen LogP contribution in [0.5, 0.6) is 0 Å². The summed E-state index contributed by atoms with van der Waals surface area (Å²) in [5.74, 6) is 0. The summed E-state index contributed by atoms with van der Waals surface area (Å²) in [6, 6.07) is 0. The molecule has 0 aliphatic carbocycles. The average Bonchev–Trinajstić information content (AvgIpc) is 2.58. The monoisotopic (exact) mass is 349 g/mol. The zero-order chi connectivity index (χ0) is 17.9. The van der Waals surface area contributed by atoms with Crippen LogP contribution in [0.4, 0.5) is 0 Å². The van der Waals surface area contributed by atoms with Gasteiger partial charge in [0.05, 0.1) is 58.4 Å². The van der Waals surface area contributed by atoms with E-state index < -0.39 is 5.54 Å². The Morgan fingerprint density at radius 3 is 1.46 bits per heavy atom. The standard InChI is InChI=1S/C15H27NO8/c16-15(12-22-5-1-2-17,13-23-10-8-20-6-3-18)14-24-11-9-21-7-4-19/h2-4H,1,5-14,16H2. The van der Waals surface area contributed by atoms with Gasteiger partial charge >= 0.3 is 0 Å². The predicted octanol–water partition coefficient (Wildman–Crippen LogP) is -1.25. The van der Waals surface area contributed by atoms with Crippen molar-refractivity contribution in [3.8, 4) is 0 Å². The molecule has 0 saturated heterocycles. The van der Waals surface area contributed by atoms with E-state index in [1.54, 1.807) is 0 Å². The van der Waals surface area contributed by atoms with Crippen molar-refractivity contribution < 1.29 is 38.1 Å². The van der Waals surface area contributed by atoms with Gasteiger partial charge in [-0.05, 0) is 0 Å². The van der Waals surface area contributed by atoms with Gasteiger partial charge < -0.3 is 43.8 Å². The van der Waals surface area contributed by atoms with E-state index in [0.717, 1.165) is 6.29 Å². The number of carbonyl (C=O) groups is 3. The molecule has 0 aromatic carbocycles. The zero-order valence-electron chi connectivity index (χ0n) is 13.9. The summed E-state index contributed by atoms with van der Waals surface area (Å²) in [4.78, 5) is 30.5. The molecule has 0 atom stereocenters. The molecule has 0 aromatic heterocycles. The molecule has 2 N–H and O–H groups in total. The van der Waals surface area contributed by atoms with E-state index in [4.69, 9.17) is 29.4 Å². The molecule has 0 radical (unpaired) electrons. The molecule has 0 unspecified atom stereocenters. The highest BCUT2D eigenvalue weighted by Crippen LogP contribution is 2.05. The van der Waals surface area contributed by atoms with Crippen molar-refractivity contribution in [1.82, 2.24) is 0 Å². The predicted molar refractivity (Wildman–Crippen MR) is 83.8 cm³/mol. The lowest BCUT2D eigenvalue weighted by atomic mass is 10.1. The number of rotatable bonds is 19. The summed E-state index contributed by atoms with van der Waals surface area (Å²) in [7, 11) is 0. The van der Waals surface area contributed by atoms with Crippen LogP contribution in [-0.4, -0.2) is 90.5 Å². The van der Waals surface area contributed by atoms with Crippen molar-refractivity contribution in [2.45, 2.75) is 12.0 Å². The normalized spacial score (nSPS) is 11.4. The van der Waals surface area contributed by atoms with Gasteiger partial charge in [-0.15, -0.1) is 0 Å². The molecule has 0 rings (SSSR count). The van der Waals surface area contributed by atoms with Crippen LogP contribution in [0.15, 0.2) is 0 Å². The van der Waals surface area contributed by atoms with Crippen molar-refractivity contribution >= 4 is 18.9 Å². The van der Waals surface area contributed by atoms with Crippen LogP contribution < -0.4 is 5.73 Å². The Bertz CT molecular complexity index is 307. The second-order valence-corrected chi connectivity index (χ2v) is 4.96. The largest absolute Gasteiger partial charge is 0.379 e. The summed E-state index contributed by atoms with van der Waals surface area (Å²) in [6.07, 6.45) is 2.38. The van der Waals surface area contributed by atoms with Gasteiger partial charge in [0.15, 0.2) is 0 Å². The van der Waals surface area contributed by atoms with E-state index in [1.807, 2.05) is 0 Å². The summed E-state index contributed by atoms with van der Waals surface area (Å²) >= 11 is 0. The molecule has 0 aromatic rings. The molecule has 0 aliphatic rings. The lowest BCUT2D eigenvalue weighted by Crippen LogP contribution is -2.53. The Hall–Kier alpha value is -1.23. The van der Waals surface area contributed by atoms with Gasteiger partial charge in [0.2, 0.25) is 0 Å². The quantitative estimate of drug-likeness (QED) is 0.225. The fourth-order valence-corrected chi connectivity index (χ4v) is 1.58. The maximum absolute atomic E-state index is 10.3. The van der Waals surface area contributed by atoms with Crippen molar-refractivity contribution in [3.05, 3.63) is 0 Å². The number of hydrogen-bond acceptors (Lipinski definition) is 9. The first-order valence-corrected chi connectivity index (χ1v) is 7.67. The molecule has 0 fully saturated rings. The maximum Gasteiger partial charge on any atom is 0.145 e. The Balaban J connectivity index is 4.04. The SMILES string of the molecule is NC(COCCC=O)(COCCOCC=O)COCCOCC=O. The van der Waals surface area contributed by atoms with Crippen LogP contribution >= 0.6 is 0 Å². The molecule has 0 bridgehead atoms. The fraction of sp³-hybridized carbons (Fsp3) is 0.800. The van der Waals surface area contributed by atoms with Gasteiger partial charge in [0.25, 0.3) is 0 Å². The number of hydrogen-bond donors (Lipinski definition) is 1. The van der Waals surface area contributed by atoms with Crippen LogP contribution in [0.2, 0.25) is 0 Å². The smallest absolute Gasteiger partial charge is 0.145 e. The molecule has 0 saturated carbocycles. The van der Waals surface area contributed by atoms with Crippen molar-refractivity contribution in [3.63, 3.8) is 0 Å². The first-order valence-electron chi connectivity index (χ1n) is 7.67. The van der Waals surface area contributed by atoms with Crippen LogP contribution in [0, 0.1) is 0 Å². The zero-order valence-corrected chi connectivity index (χ0v) is 13.9. The Morgan fingerprint density at radius 1 is 0.625 bits per heavy atom. The molecular weight excluding hydrogens is 322 g/mol. The Morgan fingerprint density at radius 2 is 1.04 bits per heavy atom. The number of ether oxygens (including phenoxy) is 5. The minimum Gasteiger partial charge on any atom is -0.379 e. The first-order chi connectivity index (χ1) is 11.7. The fourth-order valence-electron chi connectivity index (χ4n) is 1.58. The highest BCUT2D eigenvalue weighted by molar-refractivity contribution is 5.50. The van der Waals surface area contributed by atoms with E-state index in [9.17, 15) is 14.4 Å². The molecular formula is C15H27NO8. The van der Waals surface area contributed by atoms with Crippen LogP contribution in [0.1, 0.15) is 6.42 Å². The maximum atomic E-state index is 10.3. The molecule has 9 nitrogen and oxygen atoms in total. The van der Waals surface area contributed by atoms with Gasteiger partial charge in [-0.25, -0.2) is 0 Å². The van der Waals surface area contributed by atoms with Gasteiger partial charge in [-0.2, -0.15) is 0 Å². The molecule has 140 valence electrons. The van der Waals surface area contributed by atoms with Crippen molar-refractivity contribution in [2.24, 2.45) is 5.73 Å². The summed E-state index contributed by atoms with van der Waals surface area (Å²) in [6.45, 7) is 1.92. The molecule has 0 heterocycles. The van der Waals surface area contributed by atoms with Gasteiger partial charge in [-0.1, -0.05) is 0 Å². The van der Waals surface area contributed by atoms with Crippen LogP contribution in [0.3, 0.4) is 0 Å². The molecule has 0 aliphatic heterocycles. The minimum absolute atomic E-state index is 0.0236. The van der Waals surface area contributed by atoms with E-state index >= 15 is 0 Å². The summed E-state index contributed by atoms with van der Waals surface area (Å²) in [5, 5.41) is 0. The second-order valence-electron chi connectivity index (χ2n) is 4.96. The molecule has 0 amide bonds. The Labute approximate surface area is 141 Å². The molecule has 0 spiro atoms. The van der Waals surface area contributed by atoms with Crippen LogP contribution in [0.25, 0.3) is 0 Å². The first kappa shape index (κ1) is 22.8. The lowest BCUT2D eigenvalue weighted by molar-refractivity contribution is -0.112. The van der Waals surface area contributed by atoms with Crippen molar-refractivity contribution in [2.75, 3.05) is 66.1 Å². The van der Waals surface area contributed by atoms with Gasteiger partial charge in [-0.3, -0.25) is 0 Å². The minimum atomic E-state index is -0.891. The molecule has 9 heteroatoms. The topological polar surface area (TPSA) is 123 Å². The van der Waals surface area contributed by atoms with Crippen LogP contribution in [-0.2, 0) is 38.1 Å². The van der Waals surface area contributed by atoms with E-state index in [2.05, 4.69) is 0 Å². The number of nitrogens with two attached hydrogens (primary N) is 1. The second kappa shape index (κ2) is 16.6.